The zero-order valence-corrected chi connectivity index (χ0v) is 17.4. The molecule has 2 N–H and O–H groups in total. The Bertz CT molecular complexity index is 918. The summed E-state index contributed by atoms with van der Waals surface area (Å²) >= 11 is 3.22. The van der Waals surface area contributed by atoms with Crippen LogP contribution < -0.4 is 14.8 Å². The van der Waals surface area contributed by atoms with E-state index in [1.54, 1.807) is 12.1 Å². The topological polar surface area (TPSA) is 84.5 Å². The third-order valence-corrected chi connectivity index (χ3v) is 5.59. The first-order valence-corrected chi connectivity index (χ1v) is 10.6. The summed E-state index contributed by atoms with van der Waals surface area (Å²) in [4.78, 5) is 12.0. The molecule has 6 nitrogen and oxygen atoms in total. The fourth-order valence-corrected chi connectivity index (χ4v) is 3.45. The smallest absolute Gasteiger partial charge is 0.422 e. The Balaban J connectivity index is 1.73. The molecule has 0 spiro atoms. The predicted molar refractivity (Wildman–Crippen MR) is 104 cm³/mol. The second-order valence-electron chi connectivity index (χ2n) is 5.93. The Kier molecular flexibility index (Phi) is 8.05. The molecule has 1 amide bonds. The summed E-state index contributed by atoms with van der Waals surface area (Å²) in [5, 5.41) is 2.61. The van der Waals surface area contributed by atoms with E-state index < -0.39 is 22.8 Å². The number of carbonyl (C=O) groups is 1. The van der Waals surface area contributed by atoms with Crippen molar-refractivity contribution in [3.8, 4) is 5.75 Å². The summed E-state index contributed by atoms with van der Waals surface area (Å²) in [5.41, 5.74) is 0.660. The minimum Gasteiger partial charge on any atom is -0.484 e. The molecule has 2 aromatic carbocycles. The summed E-state index contributed by atoms with van der Waals surface area (Å²) in [7, 11) is -3.71. The van der Waals surface area contributed by atoms with Gasteiger partial charge in [0, 0.05) is 24.0 Å². The van der Waals surface area contributed by atoms with E-state index in [2.05, 4.69) is 30.7 Å². The van der Waals surface area contributed by atoms with Crippen LogP contribution in [-0.2, 0) is 21.4 Å². The van der Waals surface area contributed by atoms with E-state index in [0.717, 1.165) is 4.47 Å². The quantitative estimate of drug-likeness (QED) is 0.559. The molecule has 0 aliphatic rings. The first kappa shape index (κ1) is 23.2. The number of amides is 1. The number of nitrogens with one attached hydrogen (secondary N) is 2. The maximum absolute atomic E-state index is 12.1. The van der Waals surface area contributed by atoms with Crippen molar-refractivity contribution in [1.82, 2.24) is 10.0 Å². The number of sulfonamides is 1. The van der Waals surface area contributed by atoms with Crippen LogP contribution in [0.25, 0.3) is 0 Å². The molecule has 0 fully saturated rings. The number of carbonyl (C=O) groups excluding carboxylic acids is 1. The lowest BCUT2D eigenvalue weighted by atomic mass is 10.2. The van der Waals surface area contributed by atoms with Crippen molar-refractivity contribution in [3.05, 3.63) is 58.6 Å². The van der Waals surface area contributed by atoms with Crippen LogP contribution in [0.4, 0.5) is 13.2 Å². The van der Waals surface area contributed by atoms with Crippen LogP contribution in [-0.4, -0.2) is 33.7 Å². The van der Waals surface area contributed by atoms with E-state index in [4.69, 9.17) is 0 Å². The van der Waals surface area contributed by atoms with Crippen LogP contribution in [0.1, 0.15) is 12.0 Å². The third-order valence-electron chi connectivity index (χ3n) is 3.58. The summed E-state index contributed by atoms with van der Waals surface area (Å²) in [5.74, 6) is -0.305. The third kappa shape index (κ3) is 8.42. The average Bonchev–Trinajstić information content (AvgIpc) is 2.65. The van der Waals surface area contributed by atoms with Crippen molar-refractivity contribution in [3.63, 3.8) is 0 Å². The molecule has 2 aromatic rings. The molecule has 0 radical (unpaired) electrons. The SMILES string of the molecule is O=C(CCNS(=O)(=O)c1ccc(Br)cc1)NCc1ccc(OCC(F)(F)F)cc1. The Labute approximate surface area is 174 Å². The maximum Gasteiger partial charge on any atom is 0.422 e. The van der Waals surface area contributed by atoms with Gasteiger partial charge in [0.2, 0.25) is 15.9 Å². The predicted octanol–water partition coefficient (Wildman–Crippen LogP) is 3.38. The number of benzene rings is 2. The van der Waals surface area contributed by atoms with Crippen molar-refractivity contribution >= 4 is 31.9 Å². The molecule has 2 rings (SSSR count). The van der Waals surface area contributed by atoms with Gasteiger partial charge < -0.3 is 10.1 Å². The van der Waals surface area contributed by atoms with E-state index in [9.17, 15) is 26.4 Å². The maximum atomic E-state index is 12.1. The summed E-state index contributed by atoms with van der Waals surface area (Å²) in [6, 6.07) is 11.9. The van der Waals surface area contributed by atoms with Gasteiger partial charge in [-0.3, -0.25) is 4.79 Å². The lowest BCUT2D eigenvalue weighted by Crippen LogP contribution is -2.30. The minimum atomic E-state index is -4.41. The molecule has 0 atom stereocenters. The number of ether oxygens (including phenoxy) is 1. The van der Waals surface area contributed by atoms with E-state index >= 15 is 0 Å². The Morgan fingerprint density at radius 2 is 1.66 bits per heavy atom. The van der Waals surface area contributed by atoms with Gasteiger partial charge in [0.25, 0.3) is 0 Å². The fourth-order valence-electron chi connectivity index (χ4n) is 2.15. The highest BCUT2D eigenvalue weighted by atomic mass is 79.9. The molecule has 0 heterocycles. The Morgan fingerprint density at radius 3 is 2.24 bits per heavy atom. The van der Waals surface area contributed by atoms with Gasteiger partial charge in [0.15, 0.2) is 6.61 Å². The van der Waals surface area contributed by atoms with Crippen molar-refractivity contribution in [1.29, 1.82) is 0 Å². The number of hydrogen-bond donors (Lipinski definition) is 2. The molecular weight excluding hydrogens is 477 g/mol. The van der Waals surface area contributed by atoms with Crippen LogP contribution in [0.5, 0.6) is 5.75 Å². The zero-order chi connectivity index (χ0) is 21.5. The first-order chi connectivity index (χ1) is 13.5. The second-order valence-corrected chi connectivity index (χ2v) is 8.61. The summed E-state index contributed by atoms with van der Waals surface area (Å²) < 4.78 is 68.2. The monoisotopic (exact) mass is 494 g/mol. The molecule has 0 saturated carbocycles. The van der Waals surface area contributed by atoms with Crippen LogP contribution in [0.3, 0.4) is 0 Å². The summed E-state index contributed by atoms with van der Waals surface area (Å²) in [6.07, 6.45) is -4.48. The molecular formula is C18H18BrF3N2O4S. The van der Waals surface area contributed by atoms with Gasteiger partial charge in [-0.1, -0.05) is 28.1 Å². The highest BCUT2D eigenvalue weighted by molar-refractivity contribution is 9.10. The van der Waals surface area contributed by atoms with E-state index in [1.807, 2.05) is 0 Å². The van der Waals surface area contributed by atoms with Crippen LogP contribution in [0.15, 0.2) is 57.9 Å². The minimum absolute atomic E-state index is 0.0669. The van der Waals surface area contributed by atoms with E-state index in [0.29, 0.717) is 5.56 Å². The van der Waals surface area contributed by atoms with Crippen molar-refractivity contribution in [2.24, 2.45) is 0 Å². The van der Waals surface area contributed by atoms with Gasteiger partial charge in [-0.15, -0.1) is 0 Å². The van der Waals surface area contributed by atoms with Crippen molar-refractivity contribution in [2.45, 2.75) is 24.0 Å². The van der Waals surface area contributed by atoms with Crippen LogP contribution in [0.2, 0.25) is 0 Å². The number of halogens is 4. The normalized spacial score (nSPS) is 11.9. The molecule has 0 saturated heterocycles. The molecule has 29 heavy (non-hydrogen) atoms. The highest BCUT2D eigenvalue weighted by Gasteiger charge is 2.28. The van der Waals surface area contributed by atoms with Crippen molar-refractivity contribution in [2.75, 3.05) is 13.2 Å². The molecule has 11 heteroatoms. The molecule has 0 aromatic heterocycles. The average molecular weight is 495 g/mol. The van der Waals surface area contributed by atoms with Crippen LogP contribution >= 0.6 is 15.9 Å². The molecule has 158 valence electrons. The van der Waals surface area contributed by atoms with E-state index in [-0.39, 0.29) is 36.1 Å². The van der Waals surface area contributed by atoms with Crippen LogP contribution in [0, 0.1) is 0 Å². The number of alkyl halides is 3. The number of hydrogen-bond acceptors (Lipinski definition) is 4. The molecule has 0 bridgehead atoms. The second kappa shape index (κ2) is 10.1. The highest BCUT2D eigenvalue weighted by Crippen LogP contribution is 2.19. The molecule has 0 aliphatic carbocycles. The lowest BCUT2D eigenvalue weighted by molar-refractivity contribution is -0.153. The van der Waals surface area contributed by atoms with Gasteiger partial charge in [-0.2, -0.15) is 13.2 Å². The Morgan fingerprint density at radius 1 is 1.03 bits per heavy atom. The van der Waals surface area contributed by atoms with Gasteiger partial charge in [0.05, 0.1) is 4.90 Å². The van der Waals surface area contributed by atoms with Gasteiger partial charge in [0.1, 0.15) is 5.75 Å². The summed E-state index contributed by atoms with van der Waals surface area (Å²) in [6.45, 7) is -1.30. The lowest BCUT2D eigenvalue weighted by Gasteiger charge is -2.10. The first-order valence-electron chi connectivity index (χ1n) is 8.35. The van der Waals surface area contributed by atoms with E-state index in [1.165, 1.54) is 36.4 Å². The fraction of sp³-hybridized carbons (Fsp3) is 0.278. The van der Waals surface area contributed by atoms with Crippen molar-refractivity contribution < 1.29 is 31.1 Å². The van der Waals surface area contributed by atoms with Gasteiger partial charge in [-0.05, 0) is 42.0 Å². The molecule has 0 aliphatic heterocycles. The van der Waals surface area contributed by atoms with Gasteiger partial charge >= 0.3 is 6.18 Å². The number of rotatable bonds is 9. The molecule has 0 unspecified atom stereocenters. The largest absolute Gasteiger partial charge is 0.484 e. The van der Waals surface area contributed by atoms with Gasteiger partial charge in [-0.25, -0.2) is 13.1 Å². The zero-order valence-electron chi connectivity index (χ0n) is 15.0. The standard InChI is InChI=1S/C18H18BrF3N2O4S/c19-14-3-7-16(8-4-14)29(26,27)24-10-9-17(25)23-11-13-1-5-15(6-2-13)28-12-18(20,21)22/h1-8,24H,9-12H2,(H,23,25). The Hall–Kier alpha value is -2.11.